The molecule has 0 aliphatic carbocycles. The third-order valence-corrected chi connectivity index (χ3v) is 3.25. The lowest BCUT2D eigenvalue weighted by atomic mass is 10.2. The molecule has 0 saturated heterocycles. The van der Waals surface area contributed by atoms with Crippen LogP contribution in [0.15, 0.2) is 24.5 Å². The minimum atomic E-state index is -0.501. The van der Waals surface area contributed by atoms with Crippen molar-refractivity contribution in [2.45, 2.75) is 20.0 Å². The van der Waals surface area contributed by atoms with Gasteiger partial charge in [0.15, 0.2) is 0 Å². The molecule has 2 rings (SSSR count). The van der Waals surface area contributed by atoms with Crippen LogP contribution in [0.25, 0.3) is 11.3 Å². The number of hydrogen-bond acceptors (Lipinski definition) is 4. The predicted octanol–water partition coefficient (Wildman–Crippen LogP) is 2.57. The molecule has 3 nitrogen and oxygen atoms in total. The summed E-state index contributed by atoms with van der Waals surface area (Å²) < 4.78 is 0. The van der Waals surface area contributed by atoms with E-state index in [4.69, 9.17) is 0 Å². The maximum atomic E-state index is 9.44. The molecule has 2 aromatic heterocycles. The molecule has 15 heavy (non-hydrogen) atoms. The second-order valence-electron chi connectivity index (χ2n) is 3.37. The van der Waals surface area contributed by atoms with Crippen molar-refractivity contribution >= 4 is 11.3 Å². The Hall–Kier alpha value is -1.26. The van der Waals surface area contributed by atoms with Gasteiger partial charge in [0.05, 0.1) is 5.69 Å². The molecule has 1 atom stereocenters. The normalized spacial score (nSPS) is 12.7. The van der Waals surface area contributed by atoms with Crippen molar-refractivity contribution in [3.05, 3.63) is 34.4 Å². The zero-order valence-corrected chi connectivity index (χ0v) is 9.45. The fourth-order valence-electron chi connectivity index (χ4n) is 1.37. The molecule has 0 aromatic carbocycles. The summed E-state index contributed by atoms with van der Waals surface area (Å²) in [6.07, 6.45) is 3.02. The molecule has 0 aliphatic heterocycles. The SMILES string of the molecule is Cc1sc(C(C)O)nc1-c1cccnc1. The highest BCUT2D eigenvalue weighted by Crippen LogP contribution is 2.29. The minimum absolute atomic E-state index is 0.501. The average Bonchev–Trinajstić information content (AvgIpc) is 2.62. The number of aliphatic hydroxyl groups excluding tert-OH is 1. The molecule has 0 saturated carbocycles. The van der Waals surface area contributed by atoms with Gasteiger partial charge in [-0.15, -0.1) is 11.3 Å². The zero-order chi connectivity index (χ0) is 10.8. The first-order valence-electron chi connectivity index (χ1n) is 4.74. The van der Waals surface area contributed by atoms with Gasteiger partial charge in [-0.2, -0.15) is 0 Å². The third kappa shape index (κ3) is 2.06. The molecule has 2 heterocycles. The lowest BCUT2D eigenvalue weighted by Crippen LogP contribution is -1.89. The number of aliphatic hydroxyl groups is 1. The summed E-state index contributed by atoms with van der Waals surface area (Å²) in [6.45, 7) is 3.73. The lowest BCUT2D eigenvalue weighted by Gasteiger charge is -1.97. The van der Waals surface area contributed by atoms with Crippen molar-refractivity contribution in [1.82, 2.24) is 9.97 Å². The van der Waals surface area contributed by atoms with Gasteiger partial charge < -0.3 is 5.11 Å². The summed E-state index contributed by atoms with van der Waals surface area (Å²) in [7, 11) is 0. The predicted molar refractivity (Wildman–Crippen MR) is 60.7 cm³/mol. The van der Waals surface area contributed by atoms with Crippen LogP contribution in [0.5, 0.6) is 0 Å². The zero-order valence-electron chi connectivity index (χ0n) is 8.64. The summed E-state index contributed by atoms with van der Waals surface area (Å²) in [5.41, 5.74) is 1.92. The van der Waals surface area contributed by atoms with Gasteiger partial charge in [-0.1, -0.05) is 0 Å². The molecule has 1 unspecified atom stereocenters. The second-order valence-corrected chi connectivity index (χ2v) is 4.61. The molecular formula is C11H12N2OS. The number of aryl methyl sites for hydroxylation is 1. The number of hydrogen-bond donors (Lipinski definition) is 1. The topological polar surface area (TPSA) is 46.0 Å². The molecule has 0 bridgehead atoms. The van der Waals surface area contributed by atoms with Gasteiger partial charge in [0.1, 0.15) is 11.1 Å². The molecule has 0 amide bonds. The van der Waals surface area contributed by atoms with Crippen molar-refractivity contribution < 1.29 is 5.11 Å². The molecule has 4 heteroatoms. The first-order chi connectivity index (χ1) is 7.18. The van der Waals surface area contributed by atoms with Crippen LogP contribution < -0.4 is 0 Å². The number of rotatable bonds is 2. The van der Waals surface area contributed by atoms with Crippen LogP contribution >= 0.6 is 11.3 Å². The average molecular weight is 220 g/mol. The van der Waals surface area contributed by atoms with Gasteiger partial charge >= 0.3 is 0 Å². The number of pyridine rings is 1. The fraction of sp³-hybridized carbons (Fsp3) is 0.273. The third-order valence-electron chi connectivity index (χ3n) is 2.11. The van der Waals surface area contributed by atoms with E-state index in [0.717, 1.165) is 21.1 Å². The highest BCUT2D eigenvalue weighted by Gasteiger charge is 2.12. The molecule has 0 aliphatic rings. The van der Waals surface area contributed by atoms with Crippen molar-refractivity contribution in [3.8, 4) is 11.3 Å². The van der Waals surface area contributed by atoms with Crippen molar-refractivity contribution in [2.75, 3.05) is 0 Å². The van der Waals surface area contributed by atoms with Crippen molar-refractivity contribution in [3.63, 3.8) is 0 Å². The van der Waals surface area contributed by atoms with E-state index in [1.807, 2.05) is 19.1 Å². The van der Waals surface area contributed by atoms with Crippen LogP contribution in [0.4, 0.5) is 0 Å². The highest BCUT2D eigenvalue weighted by molar-refractivity contribution is 7.12. The summed E-state index contributed by atoms with van der Waals surface area (Å²) in [6, 6.07) is 3.86. The van der Waals surface area contributed by atoms with Crippen LogP contribution in [0.3, 0.4) is 0 Å². The van der Waals surface area contributed by atoms with E-state index < -0.39 is 6.10 Å². The van der Waals surface area contributed by atoms with Crippen LogP contribution in [0.2, 0.25) is 0 Å². The summed E-state index contributed by atoms with van der Waals surface area (Å²) in [4.78, 5) is 9.58. The number of nitrogens with zero attached hydrogens (tertiary/aromatic N) is 2. The maximum Gasteiger partial charge on any atom is 0.122 e. The van der Waals surface area contributed by atoms with Gasteiger partial charge in [0, 0.05) is 22.8 Å². The molecular weight excluding hydrogens is 208 g/mol. The Kier molecular flexibility index (Phi) is 2.79. The minimum Gasteiger partial charge on any atom is -0.386 e. The standard InChI is InChI=1S/C11H12N2OS/c1-7(14)11-13-10(8(2)15-11)9-4-3-5-12-6-9/h3-7,14H,1-2H3. The van der Waals surface area contributed by atoms with Crippen molar-refractivity contribution in [1.29, 1.82) is 0 Å². The smallest absolute Gasteiger partial charge is 0.122 e. The van der Waals surface area contributed by atoms with E-state index in [1.54, 1.807) is 19.3 Å². The molecule has 1 N–H and O–H groups in total. The lowest BCUT2D eigenvalue weighted by molar-refractivity contribution is 0.199. The molecule has 0 spiro atoms. The van der Waals surface area contributed by atoms with E-state index in [9.17, 15) is 5.11 Å². The first-order valence-corrected chi connectivity index (χ1v) is 5.56. The van der Waals surface area contributed by atoms with Crippen molar-refractivity contribution in [2.24, 2.45) is 0 Å². The van der Waals surface area contributed by atoms with E-state index >= 15 is 0 Å². The Balaban J connectivity index is 2.45. The van der Waals surface area contributed by atoms with E-state index in [0.29, 0.717) is 0 Å². The quantitative estimate of drug-likeness (QED) is 0.846. The van der Waals surface area contributed by atoms with Crippen LogP contribution in [0.1, 0.15) is 22.9 Å². The van der Waals surface area contributed by atoms with Gasteiger partial charge in [0.2, 0.25) is 0 Å². The Morgan fingerprint density at radius 1 is 1.47 bits per heavy atom. The Bertz CT molecular complexity index is 451. The van der Waals surface area contributed by atoms with Gasteiger partial charge in [0.25, 0.3) is 0 Å². The Labute approximate surface area is 92.5 Å². The second kappa shape index (κ2) is 4.08. The summed E-state index contributed by atoms with van der Waals surface area (Å²) in [5, 5.41) is 10.2. The van der Waals surface area contributed by atoms with Gasteiger partial charge in [-0.25, -0.2) is 4.98 Å². The summed E-state index contributed by atoms with van der Waals surface area (Å²) >= 11 is 1.53. The molecule has 0 fully saturated rings. The van der Waals surface area contributed by atoms with E-state index in [-0.39, 0.29) is 0 Å². The number of thiazole rings is 1. The molecule has 0 radical (unpaired) electrons. The van der Waals surface area contributed by atoms with Crippen LogP contribution in [-0.2, 0) is 0 Å². The Morgan fingerprint density at radius 2 is 2.27 bits per heavy atom. The Morgan fingerprint density at radius 3 is 2.80 bits per heavy atom. The summed E-state index contributed by atoms with van der Waals surface area (Å²) in [5.74, 6) is 0. The number of aromatic nitrogens is 2. The first kappa shape index (κ1) is 10.3. The maximum absolute atomic E-state index is 9.44. The highest BCUT2D eigenvalue weighted by atomic mass is 32.1. The van der Waals surface area contributed by atoms with E-state index in [2.05, 4.69) is 9.97 Å². The fourth-order valence-corrected chi connectivity index (χ4v) is 2.25. The monoisotopic (exact) mass is 220 g/mol. The van der Waals surface area contributed by atoms with Gasteiger partial charge in [-0.3, -0.25) is 4.98 Å². The van der Waals surface area contributed by atoms with Gasteiger partial charge in [-0.05, 0) is 26.0 Å². The largest absolute Gasteiger partial charge is 0.386 e. The van der Waals surface area contributed by atoms with Crippen LogP contribution in [-0.4, -0.2) is 15.1 Å². The van der Waals surface area contributed by atoms with Crippen LogP contribution in [0, 0.1) is 6.92 Å². The van der Waals surface area contributed by atoms with E-state index in [1.165, 1.54) is 11.3 Å². The molecule has 2 aromatic rings. The molecule has 78 valence electrons.